The van der Waals surface area contributed by atoms with Crippen LogP contribution in [0.1, 0.15) is 19.4 Å². The summed E-state index contributed by atoms with van der Waals surface area (Å²) in [6.45, 7) is 5.75. The van der Waals surface area contributed by atoms with Crippen LogP contribution in [0.3, 0.4) is 0 Å². The molecule has 2 N–H and O–H groups in total. The Morgan fingerprint density at radius 3 is 2.59 bits per heavy atom. The fourth-order valence-electron chi connectivity index (χ4n) is 1.66. The molecule has 0 aliphatic heterocycles. The normalized spacial score (nSPS) is 11.1. The first-order chi connectivity index (χ1) is 7.88. The second kappa shape index (κ2) is 5.52. The quantitative estimate of drug-likeness (QED) is 0.929. The Bertz CT molecular complexity index is 435. The topological polar surface area (TPSA) is 53.0 Å². The lowest BCUT2D eigenvalue weighted by atomic mass is 9.93. The van der Waals surface area contributed by atoms with Gasteiger partial charge in [-0.25, -0.2) is 0 Å². The summed E-state index contributed by atoms with van der Waals surface area (Å²) in [7, 11) is 2.01. The van der Waals surface area contributed by atoms with E-state index in [-0.39, 0.29) is 5.41 Å². The third kappa shape index (κ3) is 4.03. The van der Waals surface area contributed by atoms with Gasteiger partial charge in [0.15, 0.2) is 0 Å². The van der Waals surface area contributed by atoms with E-state index in [0.29, 0.717) is 12.1 Å². The summed E-state index contributed by atoms with van der Waals surface area (Å²) in [6.07, 6.45) is 0. The summed E-state index contributed by atoms with van der Waals surface area (Å²) in [5, 5.41) is 8.94. The molecule has 0 heterocycles. The molecule has 0 aliphatic rings. The van der Waals surface area contributed by atoms with Gasteiger partial charge in [0.25, 0.3) is 0 Å². The Morgan fingerprint density at radius 1 is 1.41 bits per heavy atom. The van der Waals surface area contributed by atoms with Crippen LogP contribution >= 0.6 is 15.9 Å². The highest BCUT2D eigenvalue weighted by Gasteiger charge is 2.18. The summed E-state index contributed by atoms with van der Waals surface area (Å²) in [5.74, 6) is 0. The SMILES string of the molecule is CN(CC(C)(C)CN)c1cc(Br)cc(C#N)c1. The molecule has 0 radical (unpaired) electrons. The van der Waals surface area contributed by atoms with Crippen molar-refractivity contribution in [2.45, 2.75) is 13.8 Å². The minimum absolute atomic E-state index is 0.0594. The maximum absolute atomic E-state index is 8.94. The van der Waals surface area contributed by atoms with E-state index in [2.05, 4.69) is 40.7 Å². The van der Waals surface area contributed by atoms with Crippen molar-refractivity contribution in [3.05, 3.63) is 28.2 Å². The zero-order chi connectivity index (χ0) is 13.1. The lowest BCUT2D eigenvalue weighted by molar-refractivity contribution is 0.385. The van der Waals surface area contributed by atoms with E-state index in [0.717, 1.165) is 16.7 Å². The van der Waals surface area contributed by atoms with E-state index in [4.69, 9.17) is 11.0 Å². The molecule has 0 fully saturated rings. The first kappa shape index (κ1) is 14.0. The lowest BCUT2D eigenvalue weighted by Gasteiger charge is -2.30. The molecule has 4 heteroatoms. The van der Waals surface area contributed by atoms with E-state index >= 15 is 0 Å². The van der Waals surface area contributed by atoms with Crippen molar-refractivity contribution in [2.24, 2.45) is 11.1 Å². The molecule has 1 rings (SSSR count). The van der Waals surface area contributed by atoms with E-state index in [9.17, 15) is 0 Å². The molecule has 1 aromatic carbocycles. The van der Waals surface area contributed by atoms with E-state index in [1.165, 1.54) is 0 Å². The van der Waals surface area contributed by atoms with Crippen molar-refractivity contribution in [1.82, 2.24) is 0 Å². The highest BCUT2D eigenvalue weighted by molar-refractivity contribution is 9.10. The fourth-order valence-corrected chi connectivity index (χ4v) is 2.14. The molecule has 0 unspecified atom stereocenters. The van der Waals surface area contributed by atoms with Gasteiger partial charge >= 0.3 is 0 Å². The number of nitriles is 1. The molecular formula is C13H18BrN3. The molecule has 0 atom stereocenters. The largest absolute Gasteiger partial charge is 0.374 e. The van der Waals surface area contributed by atoms with Crippen LogP contribution < -0.4 is 10.6 Å². The first-order valence-electron chi connectivity index (χ1n) is 5.50. The Balaban J connectivity index is 2.93. The molecule has 92 valence electrons. The average Bonchev–Trinajstić information content (AvgIpc) is 2.27. The maximum Gasteiger partial charge on any atom is 0.0992 e. The number of anilines is 1. The number of hydrogen-bond acceptors (Lipinski definition) is 3. The van der Waals surface area contributed by atoms with Crippen LogP contribution in [-0.2, 0) is 0 Å². The third-order valence-electron chi connectivity index (χ3n) is 2.67. The smallest absolute Gasteiger partial charge is 0.0992 e. The van der Waals surface area contributed by atoms with Crippen LogP contribution in [-0.4, -0.2) is 20.1 Å². The number of hydrogen-bond donors (Lipinski definition) is 1. The van der Waals surface area contributed by atoms with Crippen LogP contribution in [0.5, 0.6) is 0 Å². The van der Waals surface area contributed by atoms with Crippen LogP contribution in [0.2, 0.25) is 0 Å². The molecular weight excluding hydrogens is 278 g/mol. The van der Waals surface area contributed by atoms with Gasteiger partial charge in [0.2, 0.25) is 0 Å². The Hall–Kier alpha value is -1.05. The predicted molar refractivity (Wildman–Crippen MR) is 75.0 cm³/mol. The van der Waals surface area contributed by atoms with E-state index in [1.54, 1.807) is 0 Å². The van der Waals surface area contributed by atoms with Gasteiger partial charge in [0.05, 0.1) is 11.6 Å². The molecule has 0 amide bonds. The fraction of sp³-hybridized carbons (Fsp3) is 0.462. The highest BCUT2D eigenvalue weighted by Crippen LogP contribution is 2.24. The summed E-state index contributed by atoms with van der Waals surface area (Å²) in [5.41, 5.74) is 7.47. The van der Waals surface area contributed by atoms with Gasteiger partial charge in [-0.3, -0.25) is 0 Å². The van der Waals surface area contributed by atoms with Gasteiger partial charge in [0, 0.05) is 23.8 Å². The predicted octanol–water partition coefficient (Wildman–Crippen LogP) is 2.74. The number of halogens is 1. The lowest BCUT2D eigenvalue weighted by Crippen LogP contribution is -2.36. The number of benzene rings is 1. The molecule has 0 bridgehead atoms. The number of nitrogens with zero attached hydrogens (tertiary/aromatic N) is 2. The molecule has 0 aromatic heterocycles. The third-order valence-corrected chi connectivity index (χ3v) is 3.13. The summed E-state index contributed by atoms with van der Waals surface area (Å²) >= 11 is 3.42. The van der Waals surface area contributed by atoms with E-state index < -0.39 is 0 Å². The van der Waals surface area contributed by atoms with Gasteiger partial charge < -0.3 is 10.6 Å². The molecule has 0 saturated heterocycles. The van der Waals surface area contributed by atoms with Gasteiger partial charge in [-0.15, -0.1) is 0 Å². The van der Waals surface area contributed by atoms with Gasteiger partial charge in [-0.2, -0.15) is 5.26 Å². The van der Waals surface area contributed by atoms with Crippen molar-refractivity contribution in [3.63, 3.8) is 0 Å². The zero-order valence-electron chi connectivity index (χ0n) is 10.5. The van der Waals surface area contributed by atoms with Crippen LogP contribution in [0, 0.1) is 16.7 Å². The molecule has 3 nitrogen and oxygen atoms in total. The summed E-state index contributed by atoms with van der Waals surface area (Å²) < 4.78 is 0.920. The van der Waals surface area contributed by atoms with Gasteiger partial charge in [0.1, 0.15) is 0 Å². The van der Waals surface area contributed by atoms with Crippen molar-refractivity contribution in [2.75, 3.05) is 25.0 Å². The maximum atomic E-state index is 8.94. The van der Waals surface area contributed by atoms with Crippen molar-refractivity contribution < 1.29 is 0 Å². The van der Waals surface area contributed by atoms with Crippen LogP contribution in [0.15, 0.2) is 22.7 Å². The molecule has 0 saturated carbocycles. The summed E-state index contributed by atoms with van der Waals surface area (Å²) in [6, 6.07) is 7.86. The van der Waals surface area contributed by atoms with Gasteiger partial charge in [-0.1, -0.05) is 29.8 Å². The Morgan fingerprint density at radius 2 is 2.06 bits per heavy atom. The van der Waals surface area contributed by atoms with Crippen molar-refractivity contribution in [1.29, 1.82) is 5.26 Å². The molecule has 17 heavy (non-hydrogen) atoms. The van der Waals surface area contributed by atoms with Crippen LogP contribution in [0.4, 0.5) is 5.69 Å². The average molecular weight is 296 g/mol. The first-order valence-corrected chi connectivity index (χ1v) is 6.29. The highest BCUT2D eigenvalue weighted by atomic mass is 79.9. The number of nitrogens with two attached hydrogens (primary N) is 1. The second-order valence-corrected chi connectivity index (χ2v) is 5.95. The van der Waals surface area contributed by atoms with E-state index in [1.807, 2.05) is 25.2 Å². The summed E-state index contributed by atoms with van der Waals surface area (Å²) in [4.78, 5) is 2.12. The van der Waals surface area contributed by atoms with Crippen LogP contribution in [0.25, 0.3) is 0 Å². The standard InChI is InChI=1S/C13H18BrN3/c1-13(2,8-16)9-17(3)12-5-10(7-15)4-11(14)6-12/h4-6H,8-9,16H2,1-3H3. The molecule has 0 spiro atoms. The van der Waals surface area contributed by atoms with Gasteiger partial charge in [-0.05, 0) is 30.2 Å². The number of rotatable bonds is 4. The zero-order valence-corrected chi connectivity index (χ0v) is 12.1. The van der Waals surface area contributed by atoms with Crippen molar-refractivity contribution >= 4 is 21.6 Å². The Labute approximate surface area is 111 Å². The van der Waals surface area contributed by atoms with Crippen molar-refractivity contribution in [3.8, 4) is 6.07 Å². The molecule has 0 aliphatic carbocycles. The monoisotopic (exact) mass is 295 g/mol. The Kier molecular flexibility index (Phi) is 4.55. The molecule has 1 aromatic rings. The second-order valence-electron chi connectivity index (χ2n) is 5.03. The minimum atomic E-state index is 0.0594. The minimum Gasteiger partial charge on any atom is -0.374 e.